The first-order valence-corrected chi connectivity index (χ1v) is 5.30. The predicted octanol–water partition coefficient (Wildman–Crippen LogP) is 2.57. The third-order valence-electron chi connectivity index (χ3n) is 2.64. The Bertz CT molecular complexity index is 476. The van der Waals surface area contributed by atoms with E-state index in [1.165, 1.54) is 0 Å². The van der Waals surface area contributed by atoms with Crippen molar-refractivity contribution < 1.29 is 9.52 Å². The molecule has 0 amide bonds. The summed E-state index contributed by atoms with van der Waals surface area (Å²) >= 11 is 0. The molecule has 0 saturated carbocycles. The number of nitrogens with zero attached hydrogens (tertiary/aromatic N) is 1. The molecule has 84 valence electrons. The van der Waals surface area contributed by atoms with Crippen molar-refractivity contribution in [2.24, 2.45) is 0 Å². The van der Waals surface area contributed by atoms with Gasteiger partial charge in [-0.1, -0.05) is 6.07 Å². The second kappa shape index (κ2) is 4.49. The van der Waals surface area contributed by atoms with Crippen LogP contribution in [0.15, 0.2) is 35.1 Å². The molecule has 0 aliphatic heterocycles. The summed E-state index contributed by atoms with van der Waals surface area (Å²) in [4.78, 5) is 4.26. The summed E-state index contributed by atoms with van der Waals surface area (Å²) < 4.78 is 5.17. The van der Waals surface area contributed by atoms with Crippen LogP contribution < -0.4 is 0 Å². The monoisotopic (exact) mass is 217 g/mol. The molecule has 0 spiro atoms. The Morgan fingerprint density at radius 3 is 2.88 bits per heavy atom. The van der Waals surface area contributed by atoms with E-state index in [2.05, 4.69) is 4.98 Å². The molecule has 3 heteroatoms. The lowest BCUT2D eigenvalue weighted by Crippen LogP contribution is -2.03. The first-order valence-electron chi connectivity index (χ1n) is 5.30. The molecule has 1 N–H and O–H groups in total. The smallest absolute Gasteiger partial charge is 0.101 e. The van der Waals surface area contributed by atoms with Gasteiger partial charge in [0.15, 0.2) is 0 Å². The van der Waals surface area contributed by atoms with Crippen molar-refractivity contribution in [1.82, 2.24) is 4.98 Å². The number of furan rings is 1. The molecule has 0 bridgehead atoms. The van der Waals surface area contributed by atoms with Crippen molar-refractivity contribution in [3.05, 3.63) is 53.2 Å². The average Bonchev–Trinajstić information content (AvgIpc) is 2.68. The van der Waals surface area contributed by atoms with Crippen LogP contribution in [0.25, 0.3) is 0 Å². The maximum atomic E-state index is 10.0. The minimum Gasteiger partial charge on any atom is -0.469 e. The van der Waals surface area contributed by atoms with Crippen LogP contribution >= 0.6 is 0 Å². The third-order valence-corrected chi connectivity index (χ3v) is 2.64. The van der Waals surface area contributed by atoms with Gasteiger partial charge in [-0.05, 0) is 31.5 Å². The number of pyridine rings is 1. The molecule has 0 fully saturated rings. The largest absolute Gasteiger partial charge is 0.469 e. The van der Waals surface area contributed by atoms with Gasteiger partial charge in [-0.2, -0.15) is 0 Å². The highest BCUT2D eigenvalue weighted by Crippen LogP contribution is 2.20. The molecule has 1 atom stereocenters. The summed E-state index contributed by atoms with van der Waals surface area (Å²) in [6.45, 7) is 3.86. The molecule has 2 rings (SSSR count). The van der Waals surface area contributed by atoms with Crippen molar-refractivity contribution in [3.63, 3.8) is 0 Å². The molecule has 0 aliphatic carbocycles. The number of rotatable bonds is 3. The van der Waals surface area contributed by atoms with Gasteiger partial charge >= 0.3 is 0 Å². The quantitative estimate of drug-likeness (QED) is 0.859. The zero-order valence-electron chi connectivity index (χ0n) is 9.47. The fourth-order valence-electron chi connectivity index (χ4n) is 1.67. The molecule has 0 saturated heterocycles. The molecule has 0 radical (unpaired) electrons. The standard InChI is InChI=1S/C13H15NO2/c1-9-4-3-5-14-12(9)7-13(15)11-6-10(2)16-8-11/h3-6,8,13,15H,7H2,1-2H3. The number of aliphatic hydroxyl groups excluding tert-OH is 1. The van der Waals surface area contributed by atoms with Gasteiger partial charge in [-0.15, -0.1) is 0 Å². The highest BCUT2D eigenvalue weighted by Gasteiger charge is 2.12. The zero-order chi connectivity index (χ0) is 11.5. The summed E-state index contributed by atoms with van der Waals surface area (Å²) in [5.74, 6) is 0.812. The van der Waals surface area contributed by atoms with Crippen molar-refractivity contribution in [2.75, 3.05) is 0 Å². The van der Waals surface area contributed by atoms with Gasteiger partial charge in [-0.25, -0.2) is 0 Å². The minimum absolute atomic E-state index is 0.519. The van der Waals surface area contributed by atoms with Crippen LogP contribution in [-0.2, 0) is 6.42 Å². The van der Waals surface area contributed by atoms with Crippen LogP contribution in [0, 0.1) is 13.8 Å². The van der Waals surface area contributed by atoms with E-state index in [0.717, 1.165) is 22.6 Å². The second-order valence-corrected chi connectivity index (χ2v) is 3.98. The van der Waals surface area contributed by atoms with E-state index in [1.54, 1.807) is 12.5 Å². The van der Waals surface area contributed by atoms with Gasteiger partial charge in [-0.3, -0.25) is 4.98 Å². The van der Waals surface area contributed by atoms with Crippen LogP contribution in [0.3, 0.4) is 0 Å². The lowest BCUT2D eigenvalue weighted by Gasteiger charge is -2.09. The molecular formula is C13H15NO2. The maximum absolute atomic E-state index is 10.0. The van der Waals surface area contributed by atoms with Gasteiger partial charge in [0.25, 0.3) is 0 Å². The zero-order valence-corrected chi connectivity index (χ0v) is 9.47. The van der Waals surface area contributed by atoms with Crippen molar-refractivity contribution in [2.45, 2.75) is 26.4 Å². The summed E-state index contributed by atoms with van der Waals surface area (Å²) in [6, 6.07) is 5.74. The Morgan fingerprint density at radius 1 is 1.44 bits per heavy atom. The second-order valence-electron chi connectivity index (χ2n) is 3.98. The normalized spacial score (nSPS) is 12.7. The summed E-state index contributed by atoms with van der Waals surface area (Å²) in [5.41, 5.74) is 2.83. The first-order chi connectivity index (χ1) is 7.66. The molecule has 2 aromatic heterocycles. The van der Waals surface area contributed by atoms with Crippen LogP contribution in [0.1, 0.15) is 28.7 Å². The highest BCUT2D eigenvalue weighted by atomic mass is 16.3. The van der Waals surface area contributed by atoms with Gasteiger partial charge in [0.05, 0.1) is 12.4 Å². The molecular weight excluding hydrogens is 202 g/mol. The molecule has 0 aromatic carbocycles. The Morgan fingerprint density at radius 2 is 2.25 bits per heavy atom. The van der Waals surface area contributed by atoms with Crippen LogP contribution in [0.2, 0.25) is 0 Å². The van der Waals surface area contributed by atoms with E-state index in [-0.39, 0.29) is 0 Å². The molecule has 0 aliphatic rings. The number of aliphatic hydroxyl groups is 1. The lowest BCUT2D eigenvalue weighted by atomic mass is 10.0. The lowest BCUT2D eigenvalue weighted by molar-refractivity contribution is 0.176. The van der Waals surface area contributed by atoms with Crippen molar-refractivity contribution in [3.8, 4) is 0 Å². The van der Waals surface area contributed by atoms with Crippen LogP contribution in [0.5, 0.6) is 0 Å². The van der Waals surface area contributed by atoms with E-state index in [1.807, 2.05) is 32.0 Å². The topological polar surface area (TPSA) is 46.3 Å². The molecule has 1 unspecified atom stereocenters. The Labute approximate surface area is 94.8 Å². The fraction of sp³-hybridized carbons (Fsp3) is 0.308. The molecule has 2 heterocycles. The van der Waals surface area contributed by atoms with E-state index in [9.17, 15) is 5.11 Å². The predicted molar refractivity (Wildman–Crippen MR) is 61.1 cm³/mol. The minimum atomic E-state index is -0.550. The van der Waals surface area contributed by atoms with Crippen LogP contribution in [0.4, 0.5) is 0 Å². The van der Waals surface area contributed by atoms with E-state index in [4.69, 9.17) is 4.42 Å². The highest BCUT2D eigenvalue weighted by molar-refractivity contribution is 5.22. The molecule has 3 nitrogen and oxygen atoms in total. The summed E-state index contributed by atoms with van der Waals surface area (Å²) in [7, 11) is 0. The maximum Gasteiger partial charge on any atom is 0.101 e. The Balaban J connectivity index is 2.13. The molecule has 16 heavy (non-hydrogen) atoms. The van der Waals surface area contributed by atoms with E-state index >= 15 is 0 Å². The number of aromatic nitrogens is 1. The third kappa shape index (κ3) is 2.31. The van der Waals surface area contributed by atoms with Crippen LogP contribution in [-0.4, -0.2) is 10.1 Å². The first kappa shape index (κ1) is 10.9. The van der Waals surface area contributed by atoms with Gasteiger partial charge < -0.3 is 9.52 Å². The van der Waals surface area contributed by atoms with E-state index in [0.29, 0.717) is 6.42 Å². The van der Waals surface area contributed by atoms with E-state index < -0.39 is 6.10 Å². The fourth-order valence-corrected chi connectivity index (χ4v) is 1.67. The average molecular weight is 217 g/mol. The number of hydrogen-bond acceptors (Lipinski definition) is 3. The number of hydrogen-bond donors (Lipinski definition) is 1. The van der Waals surface area contributed by atoms with Gasteiger partial charge in [0.1, 0.15) is 5.76 Å². The van der Waals surface area contributed by atoms with Crippen molar-refractivity contribution >= 4 is 0 Å². The number of aryl methyl sites for hydroxylation is 2. The van der Waals surface area contributed by atoms with Gasteiger partial charge in [0.2, 0.25) is 0 Å². The van der Waals surface area contributed by atoms with Gasteiger partial charge in [0, 0.05) is 23.9 Å². The SMILES string of the molecule is Cc1cc(C(O)Cc2ncccc2C)co1. The molecule has 2 aromatic rings. The van der Waals surface area contributed by atoms with Crippen molar-refractivity contribution in [1.29, 1.82) is 0 Å². The Hall–Kier alpha value is -1.61. The summed E-state index contributed by atoms with van der Waals surface area (Å²) in [5, 5.41) is 10.0. The Kier molecular flexibility index (Phi) is 3.06. The summed E-state index contributed by atoms with van der Waals surface area (Å²) in [6.07, 6.45) is 3.31.